The largest absolute Gasteiger partial charge is 0.383 e. The van der Waals surface area contributed by atoms with Crippen LogP contribution in [0.4, 0.5) is 5.82 Å². The van der Waals surface area contributed by atoms with Crippen LogP contribution in [0.1, 0.15) is 5.56 Å². The predicted molar refractivity (Wildman–Crippen MR) is 67.1 cm³/mol. The predicted octanol–water partition coefficient (Wildman–Crippen LogP) is 2.09. The van der Waals surface area contributed by atoms with Gasteiger partial charge in [0.2, 0.25) is 0 Å². The van der Waals surface area contributed by atoms with E-state index in [9.17, 15) is 4.79 Å². The fourth-order valence-corrected chi connectivity index (χ4v) is 1.72. The minimum atomic E-state index is -0.206. The van der Waals surface area contributed by atoms with E-state index in [2.05, 4.69) is 25.9 Å². The van der Waals surface area contributed by atoms with Gasteiger partial charge < -0.3 is 10.7 Å². The highest BCUT2D eigenvalue weighted by Gasteiger charge is 2.06. The molecule has 82 valence electrons. The maximum atomic E-state index is 11.5. The molecular weight excluding hydrogens is 270 g/mol. The molecule has 2 rings (SSSR count). The molecule has 2 aromatic rings. The summed E-state index contributed by atoms with van der Waals surface area (Å²) in [5, 5.41) is 0. The molecule has 0 amide bonds. The van der Waals surface area contributed by atoms with Crippen LogP contribution in [0.3, 0.4) is 0 Å². The number of anilines is 1. The van der Waals surface area contributed by atoms with Crippen LogP contribution in [0.2, 0.25) is 0 Å². The molecule has 4 nitrogen and oxygen atoms in total. The molecule has 0 bridgehead atoms. The van der Waals surface area contributed by atoms with Crippen molar-refractivity contribution < 1.29 is 0 Å². The number of halogens is 1. The van der Waals surface area contributed by atoms with Crippen LogP contribution in [-0.4, -0.2) is 9.97 Å². The highest BCUT2D eigenvalue weighted by atomic mass is 79.9. The van der Waals surface area contributed by atoms with Crippen molar-refractivity contribution in [3.05, 3.63) is 44.7 Å². The number of nitrogens with one attached hydrogen (secondary N) is 1. The van der Waals surface area contributed by atoms with Crippen molar-refractivity contribution in [2.45, 2.75) is 6.92 Å². The third-order valence-electron chi connectivity index (χ3n) is 2.29. The summed E-state index contributed by atoms with van der Waals surface area (Å²) in [4.78, 5) is 18.4. The van der Waals surface area contributed by atoms with E-state index in [0.717, 1.165) is 10.0 Å². The Kier molecular flexibility index (Phi) is 2.78. The van der Waals surface area contributed by atoms with Crippen LogP contribution in [0.5, 0.6) is 0 Å². The summed E-state index contributed by atoms with van der Waals surface area (Å²) < 4.78 is 0.923. The third-order valence-corrected chi connectivity index (χ3v) is 2.78. The van der Waals surface area contributed by atoms with Crippen molar-refractivity contribution in [3.63, 3.8) is 0 Å². The maximum Gasteiger partial charge on any atom is 0.256 e. The van der Waals surface area contributed by atoms with Gasteiger partial charge in [-0.25, -0.2) is 4.98 Å². The van der Waals surface area contributed by atoms with E-state index in [-0.39, 0.29) is 11.4 Å². The molecule has 0 atom stereocenters. The Morgan fingerprint density at radius 1 is 1.44 bits per heavy atom. The Balaban J connectivity index is 2.61. The number of rotatable bonds is 1. The zero-order valence-electron chi connectivity index (χ0n) is 8.62. The van der Waals surface area contributed by atoms with Gasteiger partial charge in [0.25, 0.3) is 5.56 Å². The number of nitrogens with zero attached hydrogens (tertiary/aromatic N) is 1. The van der Waals surface area contributed by atoms with Gasteiger partial charge >= 0.3 is 0 Å². The van der Waals surface area contributed by atoms with Gasteiger partial charge in [0.1, 0.15) is 11.6 Å². The summed E-state index contributed by atoms with van der Waals surface area (Å²) in [7, 11) is 0. The Labute approximate surface area is 101 Å². The Morgan fingerprint density at radius 2 is 2.19 bits per heavy atom. The lowest BCUT2D eigenvalue weighted by molar-refractivity contribution is 1.10. The smallest absolute Gasteiger partial charge is 0.256 e. The van der Waals surface area contributed by atoms with Gasteiger partial charge in [-0.3, -0.25) is 4.79 Å². The average molecular weight is 280 g/mol. The van der Waals surface area contributed by atoms with Crippen molar-refractivity contribution in [1.82, 2.24) is 9.97 Å². The molecule has 16 heavy (non-hydrogen) atoms. The van der Waals surface area contributed by atoms with Gasteiger partial charge in [0, 0.05) is 10.0 Å². The number of benzene rings is 1. The third kappa shape index (κ3) is 1.99. The van der Waals surface area contributed by atoms with Crippen LogP contribution in [-0.2, 0) is 0 Å². The first-order chi connectivity index (χ1) is 7.58. The second-order valence-corrected chi connectivity index (χ2v) is 4.35. The van der Waals surface area contributed by atoms with Gasteiger partial charge in [-0.1, -0.05) is 28.1 Å². The molecule has 0 radical (unpaired) electrons. The number of hydrogen-bond donors (Lipinski definition) is 2. The normalized spacial score (nSPS) is 10.4. The molecule has 0 aliphatic carbocycles. The monoisotopic (exact) mass is 279 g/mol. The van der Waals surface area contributed by atoms with Gasteiger partial charge in [0.05, 0.1) is 5.56 Å². The number of H-pyrrole nitrogens is 1. The molecule has 0 unspecified atom stereocenters. The number of hydrogen-bond acceptors (Lipinski definition) is 3. The lowest BCUT2D eigenvalue weighted by Crippen LogP contribution is -2.15. The van der Waals surface area contributed by atoms with Crippen molar-refractivity contribution in [2.75, 3.05) is 5.73 Å². The van der Waals surface area contributed by atoms with Gasteiger partial charge in [-0.05, 0) is 19.1 Å². The van der Waals surface area contributed by atoms with E-state index >= 15 is 0 Å². The molecule has 0 aliphatic heterocycles. The topological polar surface area (TPSA) is 71.8 Å². The second-order valence-electron chi connectivity index (χ2n) is 3.44. The summed E-state index contributed by atoms with van der Waals surface area (Å²) in [5.41, 5.74) is 6.71. The first-order valence-electron chi connectivity index (χ1n) is 4.70. The first kappa shape index (κ1) is 10.9. The van der Waals surface area contributed by atoms with Gasteiger partial charge in [0.15, 0.2) is 0 Å². The Hall–Kier alpha value is -1.62. The van der Waals surface area contributed by atoms with Crippen LogP contribution in [0.15, 0.2) is 33.5 Å². The molecule has 1 heterocycles. The standard InChI is InChI=1S/C11H10BrN3O/c1-6-9(13)14-10(15-11(6)16)7-3-2-4-8(12)5-7/h2-5H,1H3,(H3,13,14,15,16). The van der Waals surface area contributed by atoms with Crippen LogP contribution in [0.25, 0.3) is 11.4 Å². The van der Waals surface area contributed by atoms with Gasteiger partial charge in [-0.2, -0.15) is 0 Å². The minimum absolute atomic E-state index is 0.206. The molecule has 0 aliphatic rings. The highest BCUT2D eigenvalue weighted by Crippen LogP contribution is 2.19. The summed E-state index contributed by atoms with van der Waals surface area (Å²) in [6, 6.07) is 7.50. The zero-order chi connectivity index (χ0) is 11.7. The highest BCUT2D eigenvalue weighted by molar-refractivity contribution is 9.10. The van der Waals surface area contributed by atoms with E-state index in [1.807, 2.05) is 24.3 Å². The summed E-state index contributed by atoms with van der Waals surface area (Å²) in [6.07, 6.45) is 0. The number of nitrogen functional groups attached to an aromatic ring is 1. The lowest BCUT2D eigenvalue weighted by Gasteiger charge is -2.04. The van der Waals surface area contributed by atoms with E-state index in [0.29, 0.717) is 11.4 Å². The number of aromatic nitrogens is 2. The summed E-state index contributed by atoms with van der Waals surface area (Å²) in [6.45, 7) is 1.64. The van der Waals surface area contributed by atoms with Crippen molar-refractivity contribution in [1.29, 1.82) is 0 Å². The molecule has 0 spiro atoms. The summed E-state index contributed by atoms with van der Waals surface area (Å²) >= 11 is 3.36. The average Bonchev–Trinajstić information content (AvgIpc) is 2.25. The molecular formula is C11H10BrN3O. The molecule has 5 heteroatoms. The first-order valence-corrected chi connectivity index (χ1v) is 5.49. The quantitative estimate of drug-likeness (QED) is 0.840. The molecule has 3 N–H and O–H groups in total. The van der Waals surface area contributed by atoms with E-state index in [4.69, 9.17) is 5.73 Å². The second kappa shape index (κ2) is 4.09. The molecule has 0 saturated heterocycles. The Morgan fingerprint density at radius 3 is 2.81 bits per heavy atom. The number of nitrogens with two attached hydrogens (primary N) is 1. The maximum absolute atomic E-state index is 11.5. The molecule has 1 aromatic carbocycles. The van der Waals surface area contributed by atoms with Gasteiger partial charge in [-0.15, -0.1) is 0 Å². The number of aromatic amines is 1. The fourth-order valence-electron chi connectivity index (χ4n) is 1.32. The minimum Gasteiger partial charge on any atom is -0.383 e. The molecule has 0 saturated carbocycles. The van der Waals surface area contributed by atoms with Crippen LogP contribution in [0, 0.1) is 6.92 Å². The van der Waals surface area contributed by atoms with Crippen molar-refractivity contribution >= 4 is 21.7 Å². The Bertz CT molecular complexity index is 592. The molecule has 1 aromatic heterocycles. The summed E-state index contributed by atoms with van der Waals surface area (Å²) in [5.74, 6) is 0.744. The van der Waals surface area contributed by atoms with Crippen molar-refractivity contribution in [2.24, 2.45) is 0 Å². The lowest BCUT2D eigenvalue weighted by atomic mass is 10.2. The van der Waals surface area contributed by atoms with E-state index in [1.165, 1.54) is 0 Å². The fraction of sp³-hybridized carbons (Fsp3) is 0.0909. The van der Waals surface area contributed by atoms with Crippen LogP contribution < -0.4 is 11.3 Å². The van der Waals surface area contributed by atoms with Crippen LogP contribution >= 0.6 is 15.9 Å². The van der Waals surface area contributed by atoms with E-state index in [1.54, 1.807) is 6.92 Å². The van der Waals surface area contributed by atoms with E-state index < -0.39 is 0 Å². The van der Waals surface area contributed by atoms with Crippen molar-refractivity contribution in [3.8, 4) is 11.4 Å². The molecule has 0 fully saturated rings. The zero-order valence-corrected chi connectivity index (χ0v) is 10.2. The SMILES string of the molecule is Cc1c(N)nc(-c2cccc(Br)c2)[nH]c1=O.